The van der Waals surface area contributed by atoms with Crippen LogP contribution in [0, 0.1) is 0 Å². The monoisotopic (exact) mass is 820 g/mol. The summed E-state index contributed by atoms with van der Waals surface area (Å²) in [4.78, 5) is 10.1. The molecule has 0 spiro atoms. The van der Waals surface area contributed by atoms with Crippen LogP contribution in [0.2, 0.25) is 0 Å². The lowest BCUT2D eigenvalue weighted by atomic mass is 9.63. The third-order valence-corrected chi connectivity index (χ3v) is 13.6. The summed E-state index contributed by atoms with van der Waals surface area (Å²) >= 11 is 0. The van der Waals surface area contributed by atoms with Crippen molar-refractivity contribution in [2.24, 2.45) is 14.1 Å². The number of hydrogen-bond donors (Lipinski definition) is 0. The normalized spacial score (nSPS) is 13.6. The van der Waals surface area contributed by atoms with E-state index in [1.54, 1.807) is 0 Å². The molecule has 13 rings (SSSR count). The maximum absolute atomic E-state index is 2.54. The fraction of sp³-hybridized carbons (Fsp3) is 0.0357. The Bertz CT molecular complexity index is 3340. The SMILES string of the molecule is Cn1c2c(c3ccccc31)N(c1ccccc1)B(c1ccc3c(ccc4cc(B5N(c6ccccc6)c6c(n(C)c7ccccc67)N5c5ccccc5)ccc43)c1)N2c1ccccc1. The number of anilines is 8. The molecule has 0 N–H and O–H groups in total. The summed E-state index contributed by atoms with van der Waals surface area (Å²) in [6.45, 7) is -0.248. The van der Waals surface area contributed by atoms with Gasteiger partial charge in [-0.2, -0.15) is 0 Å². The van der Waals surface area contributed by atoms with E-state index in [2.05, 4.69) is 261 Å². The first kappa shape index (κ1) is 36.6. The van der Waals surface area contributed by atoms with Gasteiger partial charge in [-0.25, -0.2) is 0 Å². The van der Waals surface area contributed by atoms with Gasteiger partial charge in [0.15, 0.2) is 0 Å². The van der Waals surface area contributed by atoms with E-state index < -0.39 is 0 Å². The quantitative estimate of drug-likeness (QED) is 0.123. The standard InChI is InChI=1S/C56H42B2N6/c1-59-51-29-17-15-27-49(51)53-55(59)63(45-23-11-5-12-24-45)57(61(53)43-19-7-3-8-20-43)41-33-35-47-39(37-41)31-32-40-38-42(34-36-48(40)47)58-62(44-21-9-4-10-22-44)54-50-28-16-18-30-52(50)60(2)56(54)64(58)46-25-13-6-14-26-46/h3-38H,1-2H3. The number of aromatic nitrogens is 2. The van der Waals surface area contributed by atoms with E-state index in [1.165, 1.54) is 77.3 Å². The van der Waals surface area contributed by atoms with Crippen LogP contribution < -0.4 is 30.2 Å². The zero-order chi connectivity index (χ0) is 42.5. The first-order valence-electron chi connectivity index (χ1n) is 22.1. The average Bonchev–Trinajstić information content (AvgIpc) is 4.08. The van der Waals surface area contributed by atoms with Crippen molar-refractivity contribution in [2.75, 3.05) is 19.2 Å². The Kier molecular flexibility index (Phi) is 8.13. The van der Waals surface area contributed by atoms with Gasteiger partial charge in [-0.15, -0.1) is 0 Å². The molecule has 0 atom stereocenters. The van der Waals surface area contributed by atoms with E-state index in [0.29, 0.717) is 0 Å². The van der Waals surface area contributed by atoms with Gasteiger partial charge in [0.05, 0.1) is 22.4 Å². The first-order valence-corrected chi connectivity index (χ1v) is 22.1. The second-order valence-electron chi connectivity index (χ2n) is 17.1. The summed E-state index contributed by atoms with van der Waals surface area (Å²) in [7, 11) is 4.40. The molecule has 0 saturated carbocycles. The Balaban J connectivity index is 0.971. The van der Waals surface area contributed by atoms with Crippen LogP contribution >= 0.6 is 0 Å². The molecular formula is C56H42B2N6. The highest BCUT2D eigenvalue weighted by Crippen LogP contribution is 2.53. The summed E-state index contributed by atoms with van der Waals surface area (Å²) in [5.41, 5.74) is 11.9. The van der Waals surface area contributed by atoms with Gasteiger partial charge in [-0.1, -0.05) is 158 Å². The lowest BCUT2D eigenvalue weighted by molar-refractivity contribution is 0.964. The number of para-hydroxylation sites is 6. The largest absolute Gasteiger partial charge is 0.421 e. The molecule has 11 aromatic rings. The molecule has 0 radical (unpaired) electrons. The summed E-state index contributed by atoms with van der Waals surface area (Å²) < 4.78 is 4.73. The second-order valence-corrected chi connectivity index (χ2v) is 17.1. The lowest BCUT2D eigenvalue weighted by Gasteiger charge is -2.31. The molecule has 8 heteroatoms. The summed E-state index contributed by atoms with van der Waals surface area (Å²) in [5.74, 6) is 2.37. The van der Waals surface area contributed by atoms with Crippen LogP contribution in [0.3, 0.4) is 0 Å². The number of nitrogens with zero attached hydrogens (tertiary/aromatic N) is 6. The minimum absolute atomic E-state index is 0.124. The molecule has 0 saturated heterocycles. The highest BCUT2D eigenvalue weighted by molar-refractivity contribution is 6.85. The van der Waals surface area contributed by atoms with Crippen molar-refractivity contribution in [3.05, 3.63) is 218 Å². The van der Waals surface area contributed by atoms with Gasteiger partial charge in [0.1, 0.15) is 11.6 Å². The molecule has 4 heterocycles. The molecule has 2 aliphatic rings. The lowest BCUT2D eigenvalue weighted by Crippen LogP contribution is -2.53. The zero-order valence-electron chi connectivity index (χ0n) is 35.6. The number of fused-ring (bicyclic) bond motifs is 9. The van der Waals surface area contributed by atoms with E-state index in [0.717, 1.165) is 22.7 Å². The van der Waals surface area contributed by atoms with Crippen molar-refractivity contribution in [2.45, 2.75) is 0 Å². The van der Waals surface area contributed by atoms with Crippen LogP contribution in [0.4, 0.5) is 45.8 Å². The van der Waals surface area contributed by atoms with Gasteiger partial charge < -0.3 is 28.4 Å². The van der Waals surface area contributed by atoms with Crippen molar-refractivity contribution < 1.29 is 0 Å². The van der Waals surface area contributed by atoms with E-state index >= 15 is 0 Å². The van der Waals surface area contributed by atoms with Gasteiger partial charge in [0, 0.05) is 47.6 Å². The number of benzene rings is 9. The molecule has 64 heavy (non-hydrogen) atoms. The number of hydrogen-bond acceptors (Lipinski definition) is 4. The Morgan fingerprint density at radius 1 is 0.297 bits per heavy atom. The predicted octanol–water partition coefficient (Wildman–Crippen LogP) is 12.3. The van der Waals surface area contributed by atoms with Crippen molar-refractivity contribution in [1.82, 2.24) is 9.13 Å². The summed E-state index contributed by atoms with van der Waals surface area (Å²) in [6, 6.07) is 79.9. The molecule has 2 aliphatic heterocycles. The van der Waals surface area contributed by atoms with Gasteiger partial charge in [-0.05, 0) is 93.1 Å². The van der Waals surface area contributed by atoms with Crippen LogP contribution in [0.15, 0.2) is 218 Å². The van der Waals surface area contributed by atoms with Crippen molar-refractivity contribution in [3.63, 3.8) is 0 Å². The molecule has 0 unspecified atom stereocenters. The number of rotatable bonds is 6. The first-order chi connectivity index (χ1) is 31.6. The molecule has 9 aromatic carbocycles. The minimum atomic E-state index is -0.124. The second kappa shape index (κ2) is 14.2. The Labute approximate surface area is 373 Å². The fourth-order valence-electron chi connectivity index (χ4n) is 10.9. The Morgan fingerprint density at radius 3 is 1.00 bits per heavy atom. The summed E-state index contributed by atoms with van der Waals surface area (Å²) in [6.07, 6.45) is 0. The predicted molar refractivity (Wildman–Crippen MR) is 272 cm³/mol. The molecule has 0 bridgehead atoms. The van der Waals surface area contributed by atoms with Crippen LogP contribution in [-0.2, 0) is 14.1 Å². The molecular weight excluding hydrogens is 778 g/mol. The van der Waals surface area contributed by atoms with Crippen molar-refractivity contribution in [3.8, 4) is 0 Å². The summed E-state index contributed by atoms with van der Waals surface area (Å²) in [5, 5.41) is 7.40. The third-order valence-electron chi connectivity index (χ3n) is 13.6. The molecule has 2 aromatic heterocycles. The van der Waals surface area contributed by atoms with Gasteiger partial charge in [-0.3, -0.25) is 0 Å². The van der Waals surface area contributed by atoms with Crippen molar-refractivity contribution >= 4 is 114 Å². The van der Waals surface area contributed by atoms with E-state index in [4.69, 9.17) is 0 Å². The van der Waals surface area contributed by atoms with Gasteiger partial charge >= 0.3 is 14.0 Å². The average molecular weight is 821 g/mol. The van der Waals surface area contributed by atoms with E-state index in [1.807, 2.05) is 0 Å². The molecule has 302 valence electrons. The molecule has 0 aliphatic carbocycles. The molecule has 0 amide bonds. The van der Waals surface area contributed by atoms with E-state index in [-0.39, 0.29) is 14.0 Å². The van der Waals surface area contributed by atoms with Crippen LogP contribution in [0.1, 0.15) is 0 Å². The maximum Gasteiger partial charge on any atom is 0.421 e. The highest BCUT2D eigenvalue weighted by atomic mass is 15.4. The Hall–Kier alpha value is -8.09. The Morgan fingerprint density at radius 2 is 0.625 bits per heavy atom. The van der Waals surface area contributed by atoms with Crippen LogP contribution in [0.25, 0.3) is 43.4 Å². The minimum Gasteiger partial charge on any atom is -0.358 e. The highest BCUT2D eigenvalue weighted by Gasteiger charge is 2.48. The topological polar surface area (TPSA) is 22.8 Å². The van der Waals surface area contributed by atoms with E-state index in [9.17, 15) is 0 Å². The molecule has 0 fully saturated rings. The fourth-order valence-corrected chi connectivity index (χ4v) is 10.9. The van der Waals surface area contributed by atoms with Gasteiger partial charge in [0.25, 0.3) is 0 Å². The van der Waals surface area contributed by atoms with Gasteiger partial charge in [0.2, 0.25) is 0 Å². The smallest absolute Gasteiger partial charge is 0.358 e. The third kappa shape index (κ3) is 5.29. The molecule has 6 nitrogen and oxygen atoms in total. The number of aryl methyl sites for hydroxylation is 2. The van der Waals surface area contributed by atoms with Crippen molar-refractivity contribution in [1.29, 1.82) is 0 Å². The van der Waals surface area contributed by atoms with Crippen LogP contribution in [0.5, 0.6) is 0 Å². The van der Waals surface area contributed by atoms with Crippen LogP contribution in [-0.4, -0.2) is 23.1 Å². The zero-order valence-corrected chi connectivity index (χ0v) is 35.6. The maximum atomic E-state index is 2.54.